The van der Waals surface area contributed by atoms with Crippen LogP contribution >= 0.6 is 11.6 Å². The number of carboxylic acid groups (broad SMARTS) is 1. The summed E-state index contributed by atoms with van der Waals surface area (Å²) in [6.45, 7) is -0.0178. The third-order valence-corrected chi connectivity index (χ3v) is 2.85. The molecule has 1 aromatic carbocycles. The van der Waals surface area contributed by atoms with Crippen LogP contribution in [0.4, 0.5) is 15.8 Å². The second-order valence-electron chi connectivity index (χ2n) is 3.97. The van der Waals surface area contributed by atoms with Crippen LogP contribution < -0.4 is 5.32 Å². The summed E-state index contributed by atoms with van der Waals surface area (Å²) >= 11 is 5.58. The van der Waals surface area contributed by atoms with Gasteiger partial charge in [-0.3, -0.25) is 10.1 Å². The maximum absolute atomic E-state index is 13.2. The fourth-order valence-electron chi connectivity index (χ4n) is 1.60. The summed E-state index contributed by atoms with van der Waals surface area (Å²) in [5.74, 6) is -2.13. The zero-order valence-corrected chi connectivity index (χ0v) is 11.1. The molecule has 0 unspecified atom stereocenters. The van der Waals surface area contributed by atoms with Gasteiger partial charge in [-0.15, -0.1) is 0 Å². The van der Waals surface area contributed by atoms with Crippen LogP contribution in [0.5, 0.6) is 0 Å². The molecular formula is C12H8ClFN2O5. The fraction of sp³-hybridized carbons (Fsp3) is 0.0833. The fourth-order valence-corrected chi connectivity index (χ4v) is 1.76. The molecule has 0 atom stereocenters. The molecular weight excluding hydrogens is 307 g/mol. The Morgan fingerprint density at radius 3 is 2.76 bits per heavy atom. The number of hydrogen-bond donors (Lipinski definition) is 2. The monoisotopic (exact) mass is 314 g/mol. The number of nitro benzene ring substituents is 1. The molecule has 0 amide bonds. The molecule has 2 rings (SSSR count). The lowest BCUT2D eigenvalue weighted by molar-refractivity contribution is -0.384. The van der Waals surface area contributed by atoms with Crippen molar-refractivity contribution in [2.45, 2.75) is 6.54 Å². The Morgan fingerprint density at radius 1 is 1.48 bits per heavy atom. The lowest BCUT2D eigenvalue weighted by Gasteiger charge is -2.06. The molecule has 1 heterocycles. The van der Waals surface area contributed by atoms with E-state index in [9.17, 15) is 19.3 Å². The van der Waals surface area contributed by atoms with Crippen molar-refractivity contribution in [1.29, 1.82) is 0 Å². The van der Waals surface area contributed by atoms with E-state index in [0.29, 0.717) is 6.07 Å². The zero-order valence-electron chi connectivity index (χ0n) is 10.3. The summed E-state index contributed by atoms with van der Waals surface area (Å²) in [6, 6.07) is 4.45. The SMILES string of the molecule is O=C(O)c1ccc(CNc2cc(Cl)c(F)cc2[N+](=O)[O-])o1. The number of nitro groups is 1. The molecule has 2 N–H and O–H groups in total. The van der Waals surface area contributed by atoms with Crippen LogP contribution in [0, 0.1) is 15.9 Å². The number of aromatic carboxylic acids is 1. The molecule has 0 saturated carbocycles. The average Bonchev–Trinajstić information content (AvgIpc) is 2.88. The molecule has 0 saturated heterocycles. The minimum absolute atomic E-state index is 0.000301. The Balaban J connectivity index is 2.20. The highest BCUT2D eigenvalue weighted by atomic mass is 35.5. The largest absolute Gasteiger partial charge is 0.475 e. The number of halogens is 2. The Morgan fingerprint density at radius 2 is 2.19 bits per heavy atom. The first-order valence-electron chi connectivity index (χ1n) is 5.58. The quantitative estimate of drug-likeness (QED) is 0.648. The highest BCUT2D eigenvalue weighted by Crippen LogP contribution is 2.30. The molecule has 0 aliphatic carbocycles. The first-order valence-corrected chi connectivity index (χ1v) is 5.95. The van der Waals surface area contributed by atoms with Crippen LogP contribution in [0.1, 0.15) is 16.3 Å². The maximum Gasteiger partial charge on any atom is 0.371 e. The van der Waals surface area contributed by atoms with Crippen LogP contribution in [0.25, 0.3) is 0 Å². The summed E-state index contributed by atoms with van der Waals surface area (Å²) in [4.78, 5) is 20.7. The summed E-state index contributed by atoms with van der Waals surface area (Å²) in [5, 5.41) is 21.9. The minimum Gasteiger partial charge on any atom is -0.475 e. The molecule has 0 spiro atoms. The third-order valence-electron chi connectivity index (χ3n) is 2.56. The molecule has 1 aromatic heterocycles. The van der Waals surface area contributed by atoms with Crippen molar-refractivity contribution >= 4 is 28.9 Å². The van der Waals surface area contributed by atoms with E-state index in [1.165, 1.54) is 12.1 Å². The van der Waals surface area contributed by atoms with Gasteiger partial charge in [-0.25, -0.2) is 9.18 Å². The summed E-state index contributed by atoms with van der Waals surface area (Å²) < 4.78 is 18.2. The second kappa shape index (κ2) is 5.80. The van der Waals surface area contributed by atoms with E-state index in [0.717, 1.165) is 6.07 Å². The van der Waals surface area contributed by atoms with Crippen LogP contribution in [0.3, 0.4) is 0 Å². The van der Waals surface area contributed by atoms with E-state index in [2.05, 4.69) is 5.32 Å². The number of nitrogens with one attached hydrogen (secondary N) is 1. The smallest absolute Gasteiger partial charge is 0.371 e. The van der Waals surface area contributed by atoms with Gasteiger partial charge in [-0.1, -0.05) is 11.6 Å². The Hall–Kier alpha value is -2.61. The molecule has 0 bridgehead atoms. The molecule has 21 heavy (non-hydrogen) atoms. The molecule has 9 heteroatoms. The van der Waals surface area contributed by atoms with Crippen LogP contribution in [0.15, 0.2) is 28.7 Å². The number of hydrogen-bond acceptors (Lipinski definition) is 5. The number of carboxylic acids is 1. The molecule has 0 aliphatic heterocycles. The van der Waals surface area contributed by atoms with Gasteiger partial charge in [0.2, 0.25) is 5.76 Å². The number of benzene rings is 1. The standard InChI is InChI=1S/C12H8ClFN2O5/c13-7-3-9(10(16(19)20)4-8(7)14)15-5-6-1-2-11(21-6)12(17)18/h1-4,15H,5H2,(H,17,18). The van der Waals surface area contributed by atoms with Gasteiger partial charge in [0.25, 0.3) is 5.69 Å². The van der Waals surface area contributed by atoms with E-state index in [4.69, 9.17) is 21.1 Å². The van der Waals surface area contributed by atoms with Crippen molar-refractivity contribution in [2.75, 3.05) is 5.32 Å². The number of carbonyl (C=O) groups is 1. The molecule has 0 radical (unpaired) electrons. The number of anilines is 1. The van der Waals surface area contributed by atoms with Gasteiger partial charge in [-0.05, 0) is 18.2 Å². The third kappa shape index (κ3) is 3.29. The first kappa shape index (κ1) is 14.8. The summed E-state index contributed by atoms with van der Waals surface area (Å²) in [6.07, 6.45) is 0. The lowest BCUT2D eigenvalue weighted by Crippen LogP contribution is -2.03. The van der Waals surface area contributed by atoms with Crippen molar-refractivity contribution in [3.05, 3.63) is 56.7 Å². The number of rotatable bonds is 5. The first-order chi connectivity index (χ1) is 9.88. The predicted octanol–water partition coefficient (Wildman–Crippen LogP) is 3.29. The highest BCUT2D eigenvalue weighted by molar-refractivity contribution is 6.31. The second-order valence-corrected chi connectivity index (χ2v) is 4.37. The topological polar surface area (TPSA) is 106 Å². The van der Waals surface area contributed by atoms with Crippen molar-refractivity contribution in [3.8, 4) is 0 Å². The van der Waals surface area contributed by atoms with Crippen molar-refractivity contribution in [2.24, 2.45) is 0 Å². The van der Waals surface area contributed by atoms with E-state index >= 15 is 0 Å². The average molecular weight is 315 g/mol. The summed E-state index contributed by atoms with van der Waals surface area (Å²) in [5.41, 5.74) is -0.485. The normalized spacial score (nSPS) is 10.4. The molecule has 2 aromatic rings. The Bertz CT molecular complexity index is 716. The van der Waals surface area contributed by atoms with Gasteiger partial charge in [0.1, 0.15) is 17.3 Å². The van der Waals surface area contributed by atoms with Gasteiger partial charge in [-0.2, -0.15) is 0 Å². The van der Waals surface area contributed by atoms with E-state index < -0.39 is 22.4 Å². The van der Waals surface area contributed by atoms with Crippen molar-refractivity contribution in [3.63, 3.8) is 0 Å². The van der Waals surface area contributed by atoms with Gasteiger partial charge in [0, 0.05) is 0 Å². The van der Waals surface area contributed by atoms with E-state index in [1.54, 1.807) is 0 Å². The zero-order chi connectivity index (χ0) is 15.6. The van der Waals surface area contributed by atoms with Crippen molar-refractivity contribution in [1.82, 2.24) is 0 Å². The Labute approximate surface area is 122 Å². The van der Waals surface area contributed by atoms with Gasteiger partial charge in [0.05, 0.1) is 22.6 Å². The van der Waals surface area contributed by atoms with Crippen molar-refractivity contribution < 1.29 is 23.6 Å². The molecule has 0 aliphatic rings. The van der Waals surface area contributed by atoms with Crippen LogP contribution in [-0.2, 0) is 6.54 Å². The number of nitrogens with zero attached hydrogens (tertiary/aromatic N) is 1. The van der Waals surface area contributed by atoms with Crippen LogP contribution in [0.2, 0.25) is 5.02 Å². The van der Waals surface area contributed by atoms with Gasteiger partial charge >= 0.3 is 5.97 Å². The molecule has 0 fully saturated rings. The minimum atomic E-state index is -1.22. The van der Waals surface area contributed by atoms with Gasteiger partial charge in [0.15, 0.2) is 0 Å². The highest BCUT2D eigenvalue weighted by Gasteiger charge is 2.18. The van der Waals surface area contributed by atoms with Crippen LogP contribution in [-0.4, -0.2) is 16.0 Å². The lowest BCUT2D eigenvalue weighted by atomic mass is 10.2. The molecule has 110 valence electrons. The summed E-state index contributed by atoms with van der Waals surface area (Å²) in [7, 11) is 0. The van der Waals surface area contributed by atoms with E-state index in [1.807, 2.05) is 0 Å². The number of furan rings is 1. The van der Waals surface area contributed by atoms with E-state index in [-0.39, 0.29) is 28.8 Å². The Kier molecular flexibility index (Phi) is 4.08. The molecule has 7 nitrogen and oxygen atoms in total. The van der Waals surface area contributed by atoms with Gasteiger partial charge < -0.3 is 14.8 Å². The maximum atomic E-state index is 13.2. The predicted molar refractivity (Wildman–Crippen MR) is 71.1 cm³/mol.